The maximum absolute atomic E-state index is 3.66. The van der Waals surface area contributed by atoms with Crippen LogP contribution in [0.15, 0.2) is 60.8 Å². The third-order valence-electron chi connectivity index (χ3n) is 2.77. The number of halogens is 2. The Labute approximate surface area is 157 Å². The molecule has 2 aliphatic rings. The Balaban J connectivity index is -0.000000270. The zero-order valence-electron chi connectivity index (χ0n) is 12.4. The summed E-state index contributed by atoms with van der Waals surface area (Å²) < 4.78 is 0. The molecule has 0 amide bonds. The van der Waals surface area contributed by atoms with Gasteiger partial charge in [-0.2, -0.15) is 12.2 Å². The molecule has 114 valence electrons. The Morgan fingerprint density at radius 3 is 1.48 bits per heavy atom. The van der Waals surface area contributed by atoms with Crippen LogP contribution in [0.3, 0.4) is 0 Å². The fourth-order valence-corrected chi connectivity index (χ4v) is 1.76. The maximum Gasteiger partial charge on any atom is 2.00 e. The van der Waals surface area contributed by atoms with Crippen molar-refractivity contribution in [2.24, 2.45) is 0 Å². The first-order valence-electron chi connectivity index (χ1n) is 6.61. The van der Waals surface area contributed by atoms with E-state index < -0.39 is 0 Å². The molecule has 0 saturated carbocycles. The van der Waals surface area contributed by atoms with Gasteiger partial charge >= 0.3 is 21.7 Å². The molecule has 0 spiro atoms. The molecule has 3 heteroatoms. The Kier molecular flexibility index (Phi) is 21.7. The first-order chi connectivity index (χ1) is 8.86. The van der Waals surface area contributed by atoms with Crippen LogP contribution >= 0.6 is 24.8 Å². The van der Waals surface area contributed by atoms with Gasteiger partial charge in [0.25, 0.3) is 0 Å². The van der Waals surface area contributed by atoms with Crippen molar-refractivity contribution >= 4 is 24.8 Å². The molecule has 0 saturated heterocycles. The smallest absolute Gasteiger partial charge is 0.269 e. The van der Waals surface area contributed by atoms with Crippen LogP contribution < -0.4 is 0 Å². The zero-order valence-corrected chi connectivity index (χ0v) is 15.6. The Bertz CT molecular complexity index is 352. The van der Waals surface area contributed by atoms with Gasteiger partial charge in [0.05, 0.1) is 0 Å². The second kappa shape index (κ2) is 17.8. The van der Waals surface area contributed by atoms with Crippen molar-refractivity contribution in [3.8, 4) is 0 Å². The van der Waals surface area contributed by atoms with Gasteiger partial charge in [-0.3, -0.25) is 12.2 Å². The summed E-state index contributed by atoms with van der Waals surface area (Å²) in [6, 6.07) is 0. The van der Waals surface area contributed by atoms with E-state index in [0.717, 1.165) is 38.5 Å². The summed E-state index contributed by atoms with van der Waals surface area (Å²) in [5.74, 6) is 0. The fourth-order valence-electron chi connectivity index (χ4n) is 1.76. The summed E-state index contributed by atoms with van der Waals surface area (Å²) in [6.45, 7) is 7.31. The van der Waals surface area contributed by atoms with Crippen molar-refractivity contribution in [3.63, 3.8) is 0 Å². The summed E-state index contributed by atoms with van der Waals surface area (Å²) >= 11 is 0. The molecule has 0 aromatic heterocycles. The van der Waals surface area contributed by atoms with E-state index in [4.69, 9.17) is 0 Å². The molecule has 0 N–H and O–H groups in total. The van der Waals surface area contributed by atoms with Crippen LogP contribution in [-0.2, 0) is 21.7 Å². The first-order valence-corrected chi connectivity index (χ1v) is 6.61. The van der Waals surface area contributed by atoms with Crippen LogP contribution in [0, 0.1) is 12.2 Å². The minimum Gasteiger partial charge on any atom is -0.269 e. The Morgan fingerprint density at radius 2 is 1.24 bits per heavy atom. The van der Waals surface area contributed by atoms with E-state index in [1.165, 1.54) is 11.1 Å². The van der Waals surface area contributed by atoms with Gasteiger partial charge in [0, 0.05) is 0 Å². The minimum atomic E-state index is 0. The summed E-state index contributed by atoms with van der Waals surface area (Å²) in [4.78, 5) is 0. The third kappa shape index (κ3) is 13.1. The van der Waals surface area contributed by atoms with Gasteiger partial charge in [-0.15, -0.1) is 50.8 Å². The topological polar surface area (TPSA) is 0 Å². The van der Waals surface area contributed by atoms with Gasteiger partial charge in [0.15, 0.2) is 0 Å². The van der Waals surface area contributed by atoms with E-state index in [1.54, 1.807) is 0 Å². The average molecular weight is 359 g/mol. The summed E-state index contributed by atoms with van der Waals surface area (Å²) in [7, 11) is 0. The summed E-state index contributed by atoms with van der Waals surface area (Å²) in [5, 5.41) is 0. The number of allylic oxidation sites excluding steroid dienone is 10. The number of hydrogen-bond acceptors (Lipinski definition) is 0. The van der Waals surface area contributed by atoms with Crippen LogP contribution in [0.2, 0.25) is 0 Å². The van der Waals surface area contributed by atoms with Crippen LogP contribution in [0.25, 0.3) is 0 Å². The van der Waals surface area contributed by atoms with E-state index in [1.807, 2.05) is 12.2 Å². The largest absolute Gasteiger partial charge is 2.00 e. The van der Waals surface area contributed by atoms with Crippen molar-refractivity contribution < 1.29 is 21.7 Å². The van der Waals surface area contributed by atoms with Crippen molar-refractivity contribution in [1.82, 2.24) is 0 Å². The predicted octanol–water partition coefficient (Wildman–Crippen LogP) is 6.13. The van der Waals surface area contributed by atoms with Gasteiger partial charge in [0.2, 0.25) is 0 Å². The molecule has 0 nitrogen and oxygen atoms in total. The van der Waals surface area contributed by atoms with Crippen LogP contribution in [0.4, 0.5) is 0 Å². The monoisotopic (exact) mass is 358 g/mol. The molecule has 0 atom stereocenters. The SMILES string of the molecule is C=CCCC1=[C-]CC=C1.C=CCCC1=[C-]CC=C1.Cl.Cl.[Ti+2]. The maximum atomic E-state index is 3.66. The second-order valence-corrected chi connectivity index (χ2v) is 4.27. The third-order valence-corrected chi connectivity index (χ3v) is 2.77. The molecule has 0 bridgehead atoms. The molecule has 0 radical (unpaired) electrons. The summed E-state index contributed by atoms with van der Waals surface area (Å²) in [6.07, 6.45) is 25.3. The van der Waals surface area contributed by atoms with Crippen molar-refractivity contribution in [2.75, 3.05) is 0 Å². The van der Waals surface area contributed by atoms with Gasteiger partial charge in [-0.25, -0.2) is 23.3 Å². The van der Waals surface area contributed by atoms with E-state index in [2.05, 4.69) is 49.6 Å². The fraction of sp³-hybridized carbons (Fsp3) is 0.333. The first kappa shape index (κ1) is 25.7. The van der Waals surface area contributed by atoms with Crippen LogP contribution in [0.1, 0.15) is 38.5 Å². The van der Waals surface area contributed by atoms with Crippen LogP contribution in [-0.4, -0.2) is 0 Å². The molecule has 0 fully saturated rings. The molecular weight excluding hydrogens is 335 g/mol. The molecule has 0 aromatic carbocycles. The molecule has 0 heterocycles. The number of rotatable bonds is 6. The quantitative estimate of drug-likeness (QED) is 0.304. The standard InChI is InChI=1S/2C9H11.2ClH.Ti/c2*1-2-3-6-9-7-4-5-8-9;;;/h2*2,4,7H,1,3,5-6H2;2*1H;/q2*-1;;;+2. The van der Waals surface area contributed by atoms with Gasteiger partial charge in [-0.05, 0) is 12.8 Å². The molecule has 0 aromatic rings. The Hall–Kier alpha value is -0.266. The van der Waals surface area contributed by atoms with E-state index in [9.17, 15) is 0 Å². The van der Waals surface area contributed by atoms with E-state index >= 15 is 0 Å². The minimum absolute atomic E-state index is 0. The zero-order chi connectivity index (χ0) is 13.1. The van der Waals surface area contributed by atoms with Crippen molar-refractivity contribution in [2.45, 2.75) is 38.5 Å². The van der Waals surface area contributed by atoms with Crippen molar-refractivity contribution in [3.05, 3.63) is 72.9 Å². The summed E-state index contributed by atoms with van der Waals surface area (Å²) in [5.41, 5.74) is 2.69. The normalized spacial score (nSPS) is 13.5. The average Bonchev–Trinajstić information content (AvgIpc) is 3.07. The second-order valence-electron chi connectivity index (χ2n) is 4.27. The van der Waals surface area contributed by atoms with Crippen molar-refractivity contribution in [1.29, 1.82) is 0 Å². The number of hydrogen-bond donors (Lipinski definition) is 0. The molecule has 2 aliphatic carbocycles. The molecule has 2 rings (SSSR count). The van der Waals surface area contributed by atoms with E-state index in [-0.39, 0.29) is 46.5 Å². The van der Waals surface area contributed by atoms with Gasteiger partial charge in [-0.1, -0.05) is 25.0 Å². The Morgan fingerprint density at radius 1 is 0.857 bits per heavy atom. The van der Waals surface area contributed by atoms with Crippen LogP contribution in [0.5, 0.6) is 0 Å². The van der Waals surface area contributed by atoms with Gasteiger partial charge < -0.3 is 0 Å². The molecule has 21 heavy (non-hydrogen) atoms. The molecule has 0 aliphatic heterocycles. The van der Waals surface area contributed by atoms with E-state index in [0.29, 0.717) is 0 Å². The molecular formula is C18H24Cl2Ti. The molecule has 0 unspecified atom stereocenters. The predicted molar refractivity (Wildman–Crippen MR) is 94.4 cm³/mol. The van der Waals surface area contributed by atoms with Gasteiger partial charge in [0.1, 0.15) is 0 Å².